The molecule has 0 radical (unpaired) electrons. The molecule has 1 fully saturated rings. The number of rotatable bonds is 5. The Kier molecular flexibility index (Phi) is 5.15. The minimum absolute atomic E-state index is 0.00475. The van der Waals surface area contributed by atoms with Crippen molar-refractivity contribution in [3.63, 3.8) is 0 Å². The number of hydrogen-bond acceptors (Lipinski definition) is 4. The predicted molar refractivity (Wildman–Crippen MR) is 95.9 cm³/mol. The maximum Gasteiger partial charge on any atom is 0.262 e. The standard InChI is InChI=1S/C18H25N3O3S/c1-14-19-18(13-20(14)2)25(23,24)21-12-4-3-5-16(21)9-6-15-7-10-17(22)11-8-15/h7-8,10-11,13,16,22H,3-6,9,12H2,1-2H3. The lowest BCUT2D eigenvalue weighted by Gasteiger charge is -2.34. The van der Waals surface area contributed by atoms with E-state index < -0.39 is 10.0 Å². The minimum Gasteiger partial charge on any atom is -0.508 e. The molecule has 2 aromatic rings. The topological polar surface area (TPSA) is 75.4 Å². The zero-order valence-electron chi connectivity index (χ0n) is 14.7. The van der Waals surface area contributed by atoms with Crippen molar-refractivity contribution in [1.82, 2.24) is 13.9 Å². The first-order valence-corrected chi connectivity index (χ1v) is 10.1. The molecule has 1 aromatic carbocycles. The van der Waals surface area contributed by atoms with Crippen molar-refractivity contribution in [3.8, 4) is 5.75 Å². The monoisotopic (exact) mass is 363 g/mol. The molecule has 1 saturated heterocycles. The summed E-state index contributed by atoms with van der Waals surface area (Å²) in [6, 6.07) is 7.11. The number of hydrogen-bond donors (Lipinski definition) is 1. The van der Waals surface area contributed by atoms with E-state index in [2.05, 4.69) is 4.98 Å². The summed E-state index contributed by atoms with van der Waals surface area (Å²) in [5.41, 5.74) is 1.11. The number of phenolic OH excluding ortho intramolecular Hbond substituents is 1. The molecular weight excluding hydrogens is 338 g/mol. The van der Waals surface area contributed by atoms with Gasteiger partial charge in [-0.2, -0.15) is 4.31 Å². The van der Waals surface area contributed by atoms with Gasteiger partial charge in [-0.15, -0.1) is 0 Å². The van der Waals surface area contributed by atoms with Gasteiger partial charge in [0.1, 0.15) is 11.6 Å². The molecule has 0 amide bonds. The molecule has 0 aliphatic carbocycles. The first-order valence-electron chi connectivity index (χ1n) is 8.67. The number of benzene rings is 1. The third-order valence-electron chi connectivity index (χ3n) is 4.94. The normalized spacial score (nSPS) is 19.2. The van der Waals surface area contributed by atoms with Crippen LogP contribution in [-0.4, -0.2) is 40.0 Å². The number of phenols is 1. The number of sulfonamides is 1. The maximum atomic E-state index is 13.0. The Labute approximate surface area is 149 Å². The number of piperidine rings is 1. The summed E-state index contributed by atoms with van der Waals surface area (Å²) >= 11 is 0. The van der Waals surface area contributed by atoms with Gasteiger partial charge in [-0.25, -0.2) is 13.4 Å². The third kappa shape index (κ3) is 3.88. The van der Waals surface area contributed by atoms with E-state index in [4.69, 9.17) is 0 Å². The van der Waals surface area contributed by atoms with E-state index in [-0.39, 0.29) is 16.8 Å². The van der Waals surface area contributed by atoms with E-state index in [9.17, 15) is 13.5 Å². The second-order valence-electron chi connectivity index (χ2n) is 6.71. The summed E-state index contributed by atoms with van der Waals surface area (Å²) in [5.74, 6) is 0.937. The van der Waals surface area contributed by atoms with Crippen molar-refractivity contribution in [3.05, 3.63) is 41.9 Å². The van der Waals surface area contributed by atoms with Crippen LogP contribution in [0.3, 0.4) is 0 Å². The molecular formula is C18H25N3O3S. The van der Waals surface area contributed by atoms with Crippen LogP contribution >= 0.6 is 0 Å². The van der Waals surface area contributed by atoms with E-state index in [1.165, 1.54) is 0 Å². The second-order valence-corrected chi connectivity index (χ2v) is 8.55. The molecule has 7 heteroatoms. The van der Waals surface area contributed by atoms with Crippen molar-refractivity contribution < 1.29 is 13.5 Å². The van der Waals surface area contributed by atoms with Crippen molar-refractivity contribution in [2.24, 2.45) is 7.05 Å². The van der Waals surface area contributed by atoms with Gasteiger partial charge < -0.3 is 9.67 Å². The zero-order valence-corrected chi connectivity index (χ0v) is 15.5. The van der Waals surface area contributed by atoms with Crippen molar-refractivity contribution in [2.75, 3.05) is 6.54 Å². The van der Waals surface area contributed by atoms with Gasteiger partial charge >= 0.3 is 0 Å². The Bertz CT molecular complexity index is 808. The van der Waals surface area contributed by atoms with Gasteiger partial charge in [0.25, 0.3) is 10.0 Å². The Morgan fingerprint density at radius 1 is 1.24 bits per heavy atom. The van der Waals surface area contributed by atoms with E-state index >= 15 is 0 Å². The van der Waals surface area contributed by atoms with Crippen LogP contribution < -0.4 is 0 Å². The summed E-state index contributed by atoms with van der Waals surface area (Å²) in [4.78, 5) is 4.23. The van der Waals surface area contributed by atoms with Gasteiger partial charge in [0.2, 0.25) is 0 Å². The molecule has 0 spiro atoms. The highest BCUT2D eigenvalue weighted by Gasteiger charge is 2.34. The van der Waals surface area contributed by atoms with Gasteiger partial charge in [-0.1, -0.05) is 18.6 Å². The molecule has 136 valence electrons. The lowest BCUT2D eigenvalue weighted by atomic mass is 9.98. The number of aromatic nitrogens is 2. The number of aryl methyl sites for hydroxylation is 3. The smallest absolute Gasteiger partial charge is 0.262 e. The molecule has 1 aromatic heterocycles. The van der Waals surface area contributed by atoms with E-state index in [0.717, 1.165) is 37.7 Å². The van der Waals surface area contributed by atoms with Crippen LogP contribution in [0.15, 0.2) is 35.5 Å². The largest absolute Gasteiger partial charge is 0.508 e. The molecule has 1 aliphatic heterocycles. The lowest BCUT2D eigenvalue weighted by molar-refractivity contribution is 0.240. The first kappa shape index (κ1) is 17.9. The highest BCUT2D eigenvalue weighted by Crippen LogP contribution is 2.27. The van der Waals surface area contributed by atoms with Crippen LogP contribution in [0.25, 0.3) is 0 Å². The highest BCUT2D eigenvalue weighted by atomic mass is 32.2. The van der Waals surface area contributed by atoms with Gasteiger partial charge in [0.05, 0.1) is 0 Å². The molecule has 0 saturated carbocycles. The molecule has 2 heterocycles. The summed E-state index contributed by atoms with van der Waals surface area (Å²) < 4.78 is 29.4. The van der Waals surface area contributed by atoms with Gasteiger partial charge in [0, 0.05) is 25.8 Å². The second kappa shape index (κ2) is 7.17. The van der Waals surface area contributed by atoms with Crippen molar-refractivity contribution in [1.29, 1.82) is 0 Å². The fourth-order valence-corrected chi connectivity index (χ4v) is 5.10. The van der Waals surface area contributed by atoms with Crippen LogP contribution in [0, 0.1) is 6.92 Å². The third-order valence-corrected chi connectivity index (χ3v) is 6.76. The molecule has 1 unspecified atom stereocenters. The van der Waals surface area contributed by atoms with Crippen molar-refractivity contribution in [2.45, 2.75) is 50.1 Å². The van der Waals surface area contributed by atoms with Crippen LogP contribution in [0.2, 0.25) is 0 Å². The molecule has 6 nitrogen and oxygen atoms in total. The first-order chi connectivity index (χ1) is 11.9. The number of imidazole rings is 1. The summed E-state index contributed by atoms with van der Waals surface area (Å²) in [6.45, 7) is 2.36. The van der Waals surface area contributed by atoms with Crippen LogP contribution in [0.1, 0.15) is 37.1 Å². The van der Waals surface area contributed by atoms with Gasteiger partial charge in [-0.3, -0.25) is 0 Å². The summed E-state index contributed by atoms with van der Waals surface area (Å²) in [6.07, 6.45) is 5.97. The predicted octanol–water partition coefficient (Wildman–Crippen LogP) is 2.61. The fraction of sp³-hybridized carbons (Fsp3) is 0.500. The van der Waals surface area contributed by atoms with Crippen LogP contribution in [0.4, 0.5) is 0 Å². The van der Waals surface area contributed by atoms with Gasteiger partial charge in [0.15, 0.2) is 5.03 Å². The zero-order chi connectivity index (χ0) is 18.0. The van der Waals surface area contributed by atoms with Crippen molar-refractivity contribution >= 4 is 10.0 Å². The summed E-state index contributed by atoms with van der Waals surface area (Å²) in [7, 11) is -1.76. The Hall–Kier alpha value is -1.86. The van der Waals surface area contributed by atoms with E-state index in [1.54, 1.807) is 41.2 Å². The SMILES string of the molecule is Cc1nc(S(=O)(=O)N2CCCCC2CCc2ccc(O)cc2)cn1C. The fourth-order valence-electron chi connectivity index (χ4n) is 3.35. The van der Waals surface area contributed by atoms with Gasteiger partial charge in [-0.05, 0) is 50.3 Å². The molecule has 1 N–H and O–H groups in total. The lowest BCUT2D eigenvalue weighted by Crippen LogP contribution is -2.44. The van der Waals surface area contributed by atoms with E-state index in [1.807, 2.05) is 12.1 Å². The average Bonchev–Trinajstić information content (AvgIpc) is 2.94. The van der Waals surface area contributed by atoms with Crippen LogP contribution in [-0.2, 0) is 23.5 Å². The average molecular weight is 363 g/mol. The quantitative estimate of drug-likeness (QED) is 0.886. The van der Waals surface area contributed by atoms with E-state index in [0.29, 0.717) is 12.4 Å². The molecule has 25 heavy (non-hydrogen) atoms. The molecule has 0 bridgehead atoms. The number of nitrogens with zero attached hydrogens (tertiary/aromatic N) is 3. The van der Waals surface area contributed by atoms with Crippen LogP contribution in [0.5, 0.6) is 5.75 Å². The molecule has 1 aliphatic rings. The maximum absolute atomic E-state index is 13.0. The Balaban J connectivity index is 1.77. The highest BCUT2D eigenvalue weighted by molar-refractivity contribution is 7.89. The molecule has 1 atom stereocenters. The summed E-state index contributed by atoms with van der Waals surface area (Å²) in [5, 5.41) is 9.52. The molecule has 3 rings (SSSR count). The Morgan fingerprint density at radius 2 is 1.96 bits per heavy atom. The minimum atomic E-state index is -3.56. The Morgan fingerprint density at radius 3 is 2.60 bits per heavy atom. The number of aromatic hydroxyl groups is 1.